The van der Waals surface area contributed by atoms with E-state index in [0.717, 1.165) is 43.7 Å². The van der Waals surface area contributed by atoms with Crippen LogP contribution in [-0.4, -0.2) is 24.2 Å². The summed E-state index contributed by atoms with van der Waals surface area (Å²) in [5.41, 5.74) is 8.21. The van der Waals surface area contributed by atoms with Crippen molar-refractivity contribution in [2.75, 3.05) is 13.2 Å². The topological polar surface area (TPSA) is 48.1 Å². The maximum Gasteiger partial charge on any atom is 0.0705 e. The van der Waals surface area contributed by atoms with Crippen molar-refractivity contribution in [2.24, 2.45) is 5.73 Å². The van der Waals surface area contributed by atoms with Crippen molar-refractivity contribution in [3.63, 3.8) is 0 Å². The molecule has 102 valence electrons. The quantitative estimate of drug-likeness (QED) is 0.777. The first-order chi connectivity index (χ1) is 9.29. The van der Waals surface area contributed by atoms with Gasteiger partial charge in [-0.2, -0.15) is 0 Å². The third-order valence-electron chi connectivity index (χ3n) is 3.11. The molecule has 0 saturated heterocycles. The number of hydrogen-bond acceptors (Lipinski definition) is 3. The van der Waals surface area contributed by atoms with Gasteiger partial charge in [-0.15, -0.1) is 0 Å². The zero-order chi connectivity index (χ0) is 13.5. The minimum atomic E-state index is 0.116. The zero-order valence-electron chi connectivity index (χ0n) is 11.5. The van der Waals surface area contributed by atoms with Gasteiger partial charge in [0.05, 0.1) is 5.52 Å². The summed E-state index contributed by atoms with van der Waals surface area (Å²) in [5, 5.41) is 1.17. The van der Waals surface area contributed by atoms with Gasteiger partial charge in [0, 0.05) is 36.8 Å². The highest BCUT2D eigenvalue weighted by Gasteiger charge is 2.06. The summed E-state index contributed by atoms with van der Waals surface area (Å²) in [6.07, 6.45) is 2.75. The van der Waals surface area contributed by atoms with Gasteiger partial charge in [-0.1, -0.05) is 31.2 Å². The highest BCUT2D eigenvalue weighted by Crippen LogP contribution is 2.13. The largest absolute Gasteiger partial charge is 0.381 e. The van der Waals surface area contributed by atoms with Crippen LogP contribution in [0.3, 0.4) is 0 Å². The van der Waals surface area contributed by atoms with Crippen LogP contribution in [0.15, 0.2) is 36.4 Å². The van der Waals surface area contributed by atoms with E-state index >= 15 is 0 Å². The molecular weight excluding hydrogens is 236 g/mol. The molecule has 0 saturated carbocycles. The van der Waals surface area contributed by atoms with Crippen molar-refractivity contribution in [3.8, 4) is 0 Å². The van der Waals surface area contributed by atoms with Crippen LogP contribution < -0.4 is 5.73 Å². The fourth-order valence-electron chi connectivity index (χ4n) is 2.07. The second-order valence-electron chi connectivity index (χ2n) is 4.86. The molecule has 1 atom stereocenters. The van der Waals surface area contributed by atoms with Crippen molar-refractivity contribution in [2.45, 2.75) is 32.2 Å². The second kappa shape index (κ2) is 7.22. The maximum atomic E-state index is 6.11. The molecule has 0 aliphatic rings. The van der Waals surface area contributed by atoms with E-state index in [9.17, 15) is 0 Å². The molecule has 0 aliphatic heterocycles. The Morgan fingerprint density at radius 2 is 2.00 bits per heavy atom. The number of para-hydroxylation sites is 1. The van der Waals surface area contributed by atoms with Crippen LogP contribution in [0, 0.1) is 0 Å². The molecule has 1 aromatic heterocycles. The van der Waals surface area contributed by atoms with Gasteiger partial charge in [-0.25, -0.2) is 0 Å². The van der Waals surface area contributed by atoms with Crippen LogP contribution in [0.4, 0.5) is 0 Å². The summed E-state index contributed by atoms with van der Waals surface area (Å²) in [6, 6.07) is 12.4. The van der Waals surface area contributed by atoms with E-state index in [0.29, 0.717) is 0 Å². The fraction of sp³-hybridized carbons (Fsp3) is 0.438. The average molecular weight is 258 g/mol. The highest BCUT2D eigenvalue weighted by atomic mass is 16.5. The first-order valence-corrected chi connectivity index (χ1v) is 6.97. The molecule has 0 bridgehead atoms. The summed E-state index contributed by atoms with van der Waals surface area (Å²) in [7, 11) is 0. The van der Waals surface area contributed by atoms with Crippen LogP contribution in [-0.2, 0) is 11.2 Å². The smallest absolute Gasteiger partial charge is 0.0705 e. The lowest BCUT2D eigenvalue weighted by molar-refractivity contribution is 0.127. The van der Waals surface area contributed by atoms with Crippen LogP contribution in [0.25, 0.3) is 10.9 Å². The van der Waals surface area contributed by atoms with Crippen molar-refractivity contribution in [1.82, 2.24) is 4.98 Å². The summed E-state index contributed by atoms with van der Waals surface area (Å²) in [6.45, 7) is 3.67. The number of benzene rings is 1. The van der Waals surface area contributed by atoms with Crippen LogP contribution in [0.5, 0.6) is 0 Å². The highest BCUT2D eigenvalue weighted by molar-refractivity contribution is 5.78. The average Bonchev–Trinajstić information content (AvgIpc) is 2.43. The third-order valence-corrected chi connectivity index (χ3v) is 3.11. The van der Waals surface area contributed by atoms with Crippen molar-refractivity contribution >= 4 is 10.9 Å². The molecule has 2 aromatic rings. The van der Waals surface area contributed by atoms with Gasteiger partial charge in [-0.3, -0.25) is 4.98 Å². The van der Waals surface area contributed by atoms with Gasteiger partial charge >= 0.3 is 0 Å². The first-order valence-electron chi connectivity index (χ1n) is 6.97. The lowest BCUT2D eigenvalue weighted by Gasteiger charge is -2.11. The minimum absolute atomic E-state index is 0.116. The van der Waals surface area contributed by atoms with Crippen molar-refractivity contribution in [3.05, 3.63) is 42.1 Å². The number of nitrogens with zero attached hydrogens (tertiary/aromatic N) is 1. The van der Waals surface area contributed by atoms with Gasteiger partial charge in [0.1, 0.15) is 0 Å². The minimum Gasteiger partial charge on any atom is -0.381 e. The zero-order valence-corrected chi connectivity index (χ0v) is 11.5. The lowest BCUT2D eigenvalue weighted by atomic mass is 10.1. The number of ether oxygens (including phenoxy) is 1. The molecule has 2 N–H and O–H groups in total. The van der Waals surface area contributed by atoms with Crippen molar-refractivity contribution < 1.29 is 4.74 Å². The maximum absolute atomic E-state index is 6.11. The molecule has 19 heavy (non-hydrogen) atoms. The van der Waals surface area contributed by atoms with E-state index in [-0.39, 0.29) is 6.04 Å². The van der Waals surface area contributed by atoms with Gasteiger partial charge in [0.2, 0.25) is 0 Å². The monoisotopic (exact) mass is 258 g/mol. The molecule has 1 aromatic carbocycles. The van der Waals surface area contributed by atoms with Gasteiger partial charge in [0.25, 0.3) is 0 Å². The number of nitrogens with two attached hydrogens (primary N) is 1. The molecule has 2 rings (SSSR count). The Morgan fingerprint density at radius 3 is 2.84 bits per heavy atom. The molecule has 0 amide bonds. The molecule has 1 unspecified atom stereocenters. The van der Waals surface area contributed by atoms with Crippen molar-refractivity contribution in [1.29, 1.82) is 0 Å². The molecular formula is C16H22N2O. The molecule has 0 aliphatic carbocycles. The first kappa shape index (κ1) is 14.0. The molecule has 3 heteroatoms. The fourth-order valence-corrected chi connectivity index (χ4v) is 2.07. The lowest BCUT2D eigenvalue weighted by Crippen LogP contribution is -2.25. The Bertz CT molecular complexity index is 513. The Labute approximate surface area is 114 Å². The summed E-state index contributed by atoms with van der Waals surface area (Å²) >= 11 is 0. The third kappa shape index (κ3) is 4.30. The normalized spacial score (nSPS) is 12.7. The molecule has 0 radical (unpaired) electrons. The van der Waals surface area contributed by atoms with E-state index in [4.69, 9.17) is 10.5 Å². The molecule has 0 fully saturated rings. The second-order valence-corrected chi connectivity index (χ2v) is 4.86. The Kier molecular flexibility index (Phi) is 5.31. The molecule has 1 heterocycles. The summed E-state index contributed by atoms with van der Waals surface area (Å²) < 4.78 is 5.46. The van der Waals surface area contributed by atoms with E-state index in [1.54, 1.807) is 0 Å². The molecule has 0 spiro atoms. The predicted molar refractivity (Wildman–Crippen MR) is 79.1 cm³/mol. The standard InChI is InChI=1S/C16H22N2O/c1-2-10-19-11-9-14(17)12-15-8-7-13-5-3-4-6-16(13)18-15/h3-8,14H,2,9-12,17H2,1H3. The number of aromatic nitrogens is 1. The van der Waals surface area contributed by atoms with Crippen LogP contribution in [0.2, 0.25) is 0 Å². The predicted octanol–water partition coefficient (Wildman–Crippen LogP) is 2.92. The molecule has 3 nitrogen and oxygen atoms in total. The van der Waals surface area contributed by atoms with E-state index in [1.807, 2.05) is 18.2 Å². The Morgan fingerprint density at radius 1 is 1.16 bits per heavy atom. The van der Waals surface area contributed by atoms with Crippen LogP contribution in [0.1, 0.15) is 25.5 Å². The number of fused-ring (bicyclic) bond motifs is 1. The SMILES string of the molecule is CCCOCCC(N)Cc1ccc2ccccc2n1. The van der Waals surface area contributed by atoms with Gasteiger partial charge in [0.15, 0.2) is 0 Å². The van der Waals surface area contributed by atoms with Gasteiger partial charge in [-0.05, 0) is 25.0 Å². The Balaban J connectivity index is 1.89. The van der Waals surface area contributed by atoms with E-state index < -0.39 is 0 Å². The summed E-state index contributed by atoms with van der Waals surface area (Å²) in [4.78, 5) is 4.64. The van der Waals surface area contributed by atoms with Gasteiger partial charge < -0.3 is 10.5 Å². The van der Waals surface area contributed by atoms with E-state index in [2.05, 4.69) is 30.1 Å². The van der Waals surface area contributed by atoms with Crippen LogP contribution >= 0.6 is 0 Å². The summed E-state index contributed by atoms with van der Waals surface area (Å²) in [5.74, 6) is 0. The Hall–Kier alpha value is -1.45. The van der Waals surface area contributed by atoms with E-state index in [1.165, 1.54) is 5.39 Å². The number of pyridine rings is 1. The number of rotatable bonds is 7. The number of hydrogen-bond donors (Lipinski definition) is 1.